The van der Waals surface area contributed by atoms with E-state index in [1.807, 2.05) is 0 Å². The number of rotatable bonds is 3. The summed E-state index contributed by atoms with van der Waals surface area (Å²) >= 11 is 3.11. The van der Waals surface area contributed by atoms with Gasteiger partial charge in [-0.2, -0.15) is 0 Å². The van der Waals surface area contributed by atoms with Crippen LogP contribution in [-0.2, 0) is 6.61 Å². The normalized spacial score (nSPS) is 10.2. The lowest BCUT2D eigenvalue weighted by Gasteiger charge is -2.08. The Balaban J connectivity index is 2.08. The fourth-order valence-electron chi connectivity index (χ4n) is 1.37. The van der Waals surface area contributed by atoms with Crippen LogP contribution in [0.15, 0.2) is 46.9 Å². The largest absolute Gasteiger partial charge is 0.504 e. The third kappa shape index (κ3) is 2.97. The van der Waals surface area contributed by atoms with Crippen molar-refractivity contribution in [3.05, 3.63) is 58.3 Å². The third-order valence-corrected chi connectivity index (χ3v) is 2.85. The summed E-state index contributed by atoms with van der Waals surface area (Å²) in [6.07, 6.45) is 0. The van der Waals surface area contributed by atoms with Crippen molar-refractivity contribution in [3.63, 3.8) is 0 Å². The van der Waals surface area contributed by atoms with Gasteiger partial charge in [0.2, 0.25) is 0 Å². The summed E-state index contributed by atoms with van der Waals surface area (Å²) in [5.41, 5.74) is 0.821. The Morgan fingerprint density at radius 2 is 1.94 bits per heavy atom. The maximum atomic E-state index is 13.0. The lowest BCUT2D eigenvalue weighted by molar-refractivity contribution is 0.289. The molecule has 0 fully saturated rings. The van der Waals surface area contributed by atoms with Gasteiger partial charge in [-0.1, -0.05) is 18.2 Å². The molecule has 0 bridgehead atoms. The summed E-state index contributed by atoms with van der Waals surface area (Å²) in [6, 6.07) is 11.4. The first-order valence-corrected chi connectivity index (χ1v) is 5.81. The molecule has 0 saturated heterocycles. The van der Waals surface area contributed by atoms with Crippen molar-refractivity contribution in [1.82, 2.24) is 0 Å². The molecule has 2 rings (SSSR count). The van der Waals surface area contributed by atoms with Crippen LogP contribution in [0.25, 0.3) is 0 Å². The second kappa shape index (κ2) is 5.19. The Morgan fingerprint density at radius 3 is 2.65 bits per heavy atom. The van der Waals surface area contributed by atoms with E-state index >= 15 is 0 Å². The number of benzene rings is 2. The number of halogens is 2. The molecule has 1 N–H and O–H groups in total. The molecule has 17 heavy (non-hydrogen) atoms. The van der Waals surface area contributed by atoms with Gasteiger partial charge >= 0.3 is 0 Å². The first kappa shape index (κ1) is 11.9. The van der Waals surface area contributed by atoms with Gasteiger partial charge in [0.05, 0.1) is 4.47 Å². The van der Waals surface area contributed by atoms with Crippen LogP contribution in [0.5, 0.6) is 11.5 Å². The van der Waals surface area contributed by atoms with Crippen molar-refractivity contribution in [1.29, 1.82) is 0 Å². The quantitative estimate of drug-likeness (QED) is 0.931. The van der Waals surface area contributed by atoms with Gasteiger partial charge in [-0.25, -0.2) is 4.39 Å². The zero-order chi connectivity index (χ0) is 12.3. The Kier molecular flexibility index (Phi) is 3.64. The van der Waals surface area contributed by atoms with Gasteiger partial charge in [-0.15, -0.1) is 0 Å². The van der Waals surface area contributed by atoms with Gasteiger partial charge in [0.1, 0.15) is 12.4 Å². The van der Waals surface area contributed by atoms with Gasteiger partial charge < -0.3 is 9.84 Å². The van der Waals surface area contributed by atoms with E-state index in [1.165, 1.54) is 6.07 Å². The fourth-order valence-corrected chi connectivity index (χ4v) is 1.80. The molecular weight excluding hydrogens is 287 g/mol. The molecule has 4 heteroatoms. The number of phenols is 1. The summed E-state index contributed by atoms with van der Waals surface area (Å²) in [6.45, 7) is 0.274. The Bertz CT molecular complexity index is 529. The molecular formula is C13H10BrFO2. The molecule has 0 aliphatic heterocycles. The van der Waals surface area contributed by atoms with Gasteiger partial charge in [0.15, 0.2) is 11.5 Å². The highest BCUT2D eigenvalue weighted by molar-refractivity contribution is 9.10. The maximum absolute atomic E-state index is 13.0. The molecule has 2 nitrogen and oxygen atoms in total. The number of hydrogen-bond donors (Lipinski definition) is 1. The molecule has 0 aromatic heterocycles. The minimum absolute atomic E-state index is 0.0914. The summed E-state index contributed by atoms with van der Waals surface area (Å²) in [5.74, 6) is 0.193. The molecule has 0 heterocycles. The van der Waals surface area contributed by atoms with Crippen LogP contribution < -0.4 is 4.74 Å². The van der Waals surface area contributed by atoms with E-state index < -0.39 is 0 Å². The van der Waals surface area contributed by atoms with E-state index in [1.54, 1.807) is 36.4 Å². The highest BCUT2D eigenvalue weighted by Crippen LogP contribution is 2.25. The molecule has 0 radical (unpaired) electrons. The van der Waals surface area contributed by atoms with Crippen LogP contribution in [0.1, 0.15) is 5.56 Å². The zero-order valence-corrected chi connectivity index (χ0v) is 10.4. The zero-order valence-electron chi connectivity index (χ0n) is 8.86. The van der Waals surface area contributed by atoms with Crippen molar-refractivity contribution in [2.24, 2.45) is 0 Å². The molecule has 0 spiro atoms. The third-order valence-electron chi connectivity index (χ3n) is 2.24. The SMILES string of the molecule is Oc1ccccc1OCc1ccc(F)c(Br)c1. The average molecular weight is 297 g/mol. The molecule has 0 saturated carbocycles. The standard InChI is InChI=1S/C13H10BrFO2/c14-10-7-9(5-6-11(10)15)8-17-13-4-2-1-3-12(13)16/h1-7,16H,8H2. The van der Waals surface area contributed by atoms with Gasteiger partial charge in [0.25, 0.3) is 0 Å². The van der Waals surface area contributed by atoms with E-state index in [0.717, 1.165) is 5.56 Å². The first-order valence-electron chi connectivity index (χ1n) is 5.01. The molecule has 0 unspecified atom stereocenters. The molecule has 0 atom stereocenters. The minimum Gasteiger partial charge on any atom is -0.504 e. The lowest BCUT2D eigenvalue weighted by atomic mass is 10.2. The number of ether oxygens (including phenoxy) is 1. The summed E-state index contributed by atoms with van der Waals surface area (Å²) in [5, 5.41) is 9.49. The first-order chi connectivity index (χ1) is 8.16. The summed E-state index contributed by atoms with van der Waals surface area (Å²) in [7, 11) is 0. The number of phenolic OH excluding ortho intramolecular Hbond substituents is 1. The smallest absolute Gasteiger partial charge is 0.161 e. The molecule has 88 valence electrons. The number of aromatic hydroxyl groups is 1. The van der Waals surface area contributed by atoms with Crippen molar-refractivity contribution >= 4 is 15.9 Å². The van der Waals surface area contributed by atoms with Crippen molar-refractivity contribution in [3.8, 4) is 11.5 Å². The number of hydrogen-bond acceptors (Lipinski definition) is 2. The highest BCUT2D eigenvalue weighted by atomic mass is 79.9. The molecule has 2 aromatic rings. The van der Waals surface area contributed by atoms with E-state index in [2.05, 4.69) is 15.9 Å². The predicted molar refractivity (Wildman–Crippen MR) is 66.5 cm³/mol. The second-order valence-corrected chi connectivity index (χ2v) is 4.36. The van der Waals surface area contributed by atoms with E-state index in [9.17, 15) is 9.50 Å². The Morgan fingerprint density at radius 1 is 1.18 bits per heavy atom. The predicted octanol–water partition coefficient (Wildman–Crippen LogP) is 3.87. The van der Waals surface area contributed by atoms with E-state index in [-0.39, 0.29) is 18.2 Å². The summed E-state index contributed by atoms with van der Waals surface area (Å²) < 4.78 is 18.8. The van der Waals surface area contributed by atoms with Gasteiger partial charge in [0, 0.05) is 0 Å². The molecule has 2 aromatic carbocycles. The fraction of sp³-hybridized carbons (Fsp3) is 0.0769. The molecule has 0 amide bonds. The number of para-hydroxylation sites is 2. The van der Waals surface area contributed by atoms with Crippen LogP contribution in [0.3, 0.4) is 0 Å². The van der Waals surface area contributed by atoms with E-state index in [0.29, 0.717) is 10.2 Å². The average Bonchev–Trinajstić information content (AvgIpc) is 2.32. The van der Waals surface area contributed by atoms with Crippen molar-refractivity contribution in [2.45, 2.75) is 6.61 Å². The lowest BCUT2D eigenvalue weighted by Crippen LogP contribution is -1.96. The maximum Gasteiger partial charge on any atom is 0.161 e. The second-order valence-electron chi connectivity index (χ2n) is 3.50. The molecule has 0 aliphatic rings. The van der Waals surface area contributed by atoms with Gasteiger partial charge in [-0.05, 0) is 45.8 Å². The Hall–Kier alpha value is -1.55. The summed E-state index contributed by atoms with van der Waals surface area (Å²) in [4.78, 5) is 0. The van der Waals surface area contributed by atoms with Crippen LogP contribution in [0.2, 0.25) is 0 Å². The van der Waals surface area contributed by atoms with Crippen LogP contribution in [-0.4, -0.2) is 5.11 Å². The minimum atomic E-state index is -0.309. The monoisotopic (exact) mass is 296 g/mol. The van der Waals surface area contributed by atoms with Crippen molar-refractivity contribution < 1.29 is 14.2 Å². The van der Waals surface area contributed by atoms with Crippen LogP contribution in [0, 0.1) is 5.82 Å². The van der Waals surface area contributed by atoms with E-state index in [4.69, 9.17) is 4.74 Å². The van der Waals surface area contributed by atoms with Crippen LogP contribution in [0.4, 0.5) is 4.39 Å². The topological polar surface area (TPSA) is 29.5 Å². The highest BCUT2D eigenvalue weighted by Gasteiger charge is 2.03. The van der Waals surface area contributed by atoms with Gasteiger partial charge in [-0.3, -0.25) is 0 Å². The van der Waals surface area contributed by atoms with Crippen LogP contribution >= 0.6 is 15.9 Å². The Labute approximate surface area is 107 Å². The molecule has 0 aliphatic carbocycles. The van der Waals surface area contributed by atoms with Crippen molar-refractivity contribution in [2.75, 3.05) is 0 Å².